The van der Waals surface area contributed by atoms with Gasteiger partial charge in [-0.3, -0.25) is 0 Å². The lowest BCUT2D eigenvalue weighted by atomic mass is 10.1. The number of sulfonamides is 1. The molecule has 0 bridgehead atoms. The van der Waals surface area contributed by atoms with E-state index in [1.54, 1.807) is 6.08 Å². The van der Waals surface area contributed by atoms with E-state index in [1.165, 1.54) is 4.31 Å². The van der Waals surface area contributed by atoms with E-state index in [0.717, 1.165) is 5.56 Å². The van der Waals surface area contributed by atoms with Crippen molar-refractivity contribution in [1.82, 2.24) is 14.9 Å². The molecule has 0 spiro atoms. The summed E-state index contributed by atoms with van der Waals surface area (Å²) < 4.78 is 26.4. The number of urea groups is 1. The van der Waals surface area contributed by atoms with Crippen LogP contribution in [0.2, 0.25) is 0 Å². The maximum Gasteiger partial charge on any atom is 0.315 e. The maximum atomic E-state index is 12.4. The monoisotopic (exact) mass is 337 g/mol. The lowest BCUT2D eigenvalue weighted by Crippen LogP contribution is -2.49. The van der Waals surface area contributed by atoms with Gasteiger partial charge in [0.05, 0.1) is 5.75 Å². The van der Waals surface area contributed by atoms with Crippen molar-refractivity contribution in [1.29, 1.82) is 0 Å². The number of piperidine rings is 1. The summed E-state index contributed by atoms with van der Waals surface area (Å²) in [5.41, 5.74) is 0.788. The smallest absolute Gasteiger partial charge is 0.315 e. The Labute approximate surface area is 137 Å². The molecule has 0 saturated carbocycles. The van der Waals surface area contributed by atoms with Crippen molar-refractivity contribution in [3.05, 3.63) is 48.6 Å². The highest BCUT2D eigenvalue weighted by Gasteiger charge is 2.28. The molecule has 0 radical (unpaired) electrons. The van der Waals surface area contributed by atoms with E-state index in [1.807, 2.05) is 30.3 Å². The van der Waals surface area contributed by atoms with Crippen molar-refractivity contribution in [2.24, 2.45) is 0 Å². The molecule has 1 aromatic rings. The van der Waals surface area contributed by atoms with Gasteiger partial charge in [-0.25, -0.2) is 17.5 Å². The number of amides is 2. The van der Waals surface area contributed by atoms with Crippen LogP contribution in [0.4, 0.5) is 4.79 Å². The maximum absolute atomic E-state index is 12.4. The molecule has 1 fully saturated rings. The summed E-state index contributed by atoms with van der Waals surface area (Å²) >= 11 is 0. The quantitative estimate of drug-likeness (QED) is 0.772. The standard InChI is InChI=1S/C16H23N3O3S/c1-2-10-17-16(20)18-15-8-11-19(12-9-15)23(21,22)13-14-6-4-3-5-7-14/h2-7,15H,1,8-13H2,(H2,17,18,20). The van der Waals surface area contributed by atoms with Gasteiger partial charge in [0.1, 0.15) is 0 Å². The van der Waals surface area contributed by atoms with Crippen LogP contribution in [0.3, 0.4) is 0 Å². The van der Waals surface area contributed by atoms with Crippen LogP contribution in [0.5, 0.6) is 0 Å². The van der Waals surface area contributed by atoms with Crippen LogP contribution in [-0.4, -0.2) is 44.4 Å². The summed E-state index contributed by atoms with van der Waals surface area (Å²) in [6.45, 7) is 4.81. The van der Waals surface area contributed by atoms with Gasteiger partial charge < -0.3 is 10.6 Å². The van der Waals surface area contributed by atoms with Crippen molar-refractivity contribution in [2.45, 2.75) is 24.6 Å². The fourth-order valence-corrected chi connectivity index (χ4v) is 4.12. The third kappa shape index (κ3) is 5.37. The van der Waals surface area contributed by atoms with Gasteiger partial charge in [0, 0.05) is 25.7 Å². The molecule has 6 nitrogen and oxygen atoms in total. The van der Waals surface area contributed by atoms with Crippen LogP contribution in [0, 0.1) is 0 Å². The summed E-state index contributed by atoms with van der Waals surface area (Å²) in [7, 11) is -3.31. The number of nitrogens with one attached hydrogen (secondary N) is 2. The minimum Gasteiger partial charge on any atom is -0.335 e. The highest BCUT2D eigenvalue weighted by molar-refractivity contribution is 7.88. The van der Waals surface area contributed by atoms with Crippen molar-refractivity contribution in [2.75, 3.05) is 19.6 Å². The molecule has 23 heavy (non-hydrogen) atoms. The Kier molecular flexibility index (Phi) is 6.18. The number of rotatable bonds is 6. The molecule has 7 heteroatoms. The predicted octanol–water partition coefficient (Wildman–Crippen LogP) is 1.47. The molecule has 1 saturated heterocycles. The van der Waals surface area contributed by atoms with Crippen molar-refractivity contribution >= 4 is 16.1 Å². The largest absolute Gasteiger partial charge is 0.335 e. The fourth-order valence-electron chi connectivity index (χ4n) is 2.56. The highest BCUT2D eigenvalue weighted by atomic mass is 32.2. The van der Waals surface area contributed by atoms with E-state index in [0.29, 0.717) is 32.5 Å². The first-order valence-electron chi connectivity index (χ1n) is 7.68. The zero-order valence-corrected chi connectivity index (χ0v) is 13.9. The third-order valence-electron chi connectivity index (χ3n) is 3.78. The predicted molar refractivity (Wildman–Crippen MR) is 90.4 cm³/mol. The van der Waals surface area contributed by atoms with Gasteiger partial charge in [-0.2, -0.15) is 0 Å². The minimum atomic E-state index is -3.31. The van der Waals surface area contributed by atoms with Crippen LogP contribution in [0.25, 0.3) is 0 Å². The molecular weight excluding hydrogens is 314 g/mol. The molecular formula is C16H23N3O3S. The molecule has 0 atom stereocenters. The Hall–Kier alpha value is -1.86. The third-order valence-corrected chi connectivity index (χ3v) is 5.63. The number of hydrogen-bond acceptors (Lipinski definition) is 3. The lowest BCUT2D eigenvalue weighted by Gasteiger charge is -2.31. The van der Waals surface area contributed by atoms with E-state index in [2.05, 4.69) is 17.2 Å². The minimum absolute atomic E-state index is 0.00277. The summed E-state index contributed by atoms with van der Waals surface area (Å²) in [5.74, 6) is 0.0196. The number of nitrogens with zero attached hydrogens (tertiary/aromatic N) is 1. The molecule has 0 unspecified atom stereocenters. The van der Waals surface area contributed by atoms with Gasteiger partial charge in [0.15, 0.2) is 0 Å². The summed E-state index contributed by atoms with van der Waals surface area (Å²) in [4.78, 5) is 11.6. The average Bonchev–Trinajstić information content (AvgIpc) is 2.54. The Morgan fingerprint density at radius 2 is 1.91 bits per heavy atom. The van der Waals surface area contributed by atoms with E-state index in [4.69, 9.17) is 0 Å². The first kappa shape index (κ1) is 17.5. The number of carbonyl (C=O) groups excluding carboxylic acids is 1. The van der Waals surface area contributed by atoms with E-state index in [-0.39, 0.29) is 17.8 Å². The Morgan fingerprint density at radius 3 is 2.52 bits per heavy atom. The zero-order chi connectivity index (χ0) is 16.7. The van der Waals surface area contributed by atoms with E-state index in [9.17, 15) is 13.2 Å². The summed E-state index contributed by atoms with van der Waals surface area (Å²) in [6.07, 6.45) is 2.85. The summed E-state index contributed by atoms with van der Waals surface area (Å²) in [6, 6.07) is 8.93. The first-order chi connectivity index (χ1) is 11.0. The molecule has 0 aliphatic carbocycles. The number of benzene rings is 1. The Balaban J connectivity index is 1.83. The molecule has 1 aliphatic rings. The molecule has 1 heterocycles. The number of hydrogen-bond donors (Lipinski definition) is 2. The van der Waals surface area contributed by atoms with Gasteiger partial charge in [0.25, 0.3) is 0 Å². The number of carbonyl (C=O) groups is 1. The molecule has 1 aliphatic heterocycles. The SMILES string of the molecule is C=CCNC(=O)NC1CCN(S(=O)(=O)Cc2ccccc2)CC1. The molecule has 2 amide bonds. The van der Waals surface area contributed by atoms with Gasteiger partial charge in [0.2, 0.25) is 10.0 Å². The van der Waals surface area contributed by atoms with Gasteiger partial charge in [-0.1, -0.05) is 36.4 Å². The highest BCUT2D eigenvalue weighted by Crippen LogP contribution is 2.17. The van der Waals surface area contributed by atoms with Crippen LogP contribution >= 0.6 is 0 Å². The molecule has 1 aromatic carbocycles. The summed E-state index contributed by atoms with van der Waals surface area (Å²) in [5, 5.41) is 5.51. The molecule has 126 valence electrons. The van der Waals surface area contributed by atoms with Gasteiger partial charge in [-0.05, 0) is 18.4 Å². The van der Waals surface area contributed by atoms with Crippen LogP contribution in [0.1, 0.15) is 18.4 Å². The average molecular weight is 337 g/mol. The normalized spacial score (nSPS) is 16.7. The van der Waals surface area contributed by atoms with Gasteiger partial charge >= 0.3 is 6.03 Å². The van der Waals surface area contributed by atoms with Crippen LogP contribution < -0.4 is 10.6 Å². The Bertz CT molecular complexity index is 623. The van der Waals surface area contributed by atoms with E-state index >= 15 is 0 Å². The van der Waals surface area contributed by atoms with Crippen molar-refractivity contribution < 1.29 is 13.2 Å². The van der Waals surface area contributed by atoms with Crippen LogP contribution in [0.15, 0.2) is 43.0 Å². The molecule has 0 aromatic heterocycles. The Morgan fingerprint density at radius 1 is 1.26 bits per heavy atom. The fraction of sp³-hybridized carbons (Fsp3) is 0.438. The van der Waals surface area contributed by atoms with Crippen molar-refractivity contribution in [3.8, 4) is 0 Å². The zero-order valence-electron chi connectivity index (χ0n) is 13.1. The van der Waals surface area contributed by atoms with Crippen molar-refractivity contribution in [3.63, 3.8) is 0 Å². The van der Waals surface area contributed by atoms with Crippen LogP contribution in [-0.2, 0) is 15.8 Å². The second-order valence-electron chi connectivity index (χ2n) is 5.56. The van der Waals surface area contributed by atoms with Gasteiger partial charge in [-0.15, -0.1) is 6.58 Å². The van der Waals surface area contributed by atoms with E-state index < -0.39 is 10.0 Å². The lowest BCUT2D eigenvalue weighted by molar-refractivity contribution is 0.228. The first-order valence-corrected chi connectivity index (χ1v) is 9.29. The molecule has 2 N–H and O–H groups in total. The topological polar surface area (TPSA) is 78.5 Å². The molecule has 2 rings (SSSR count). The second kappa shape index (κ2) is 8.12. The second-order valence-corrected chi connectivity index (χ2v) is 7.53.